The number of nitrogens with one attached hydrogen (secondary N) is 2. The number of hydrogen-bond donors (Lipinski definition) is 2. The smallest absolute Gasteiger partial charge is 0.251 e. The molecule has 0 aliphatic carbocycles. The fraction of sp³-hybridized carbons (Fsp3) is 0.333. The van der Waals surface area contributed by atoms with E-state index >= 15 is 0 Å². The van der Waals surface area contributed by atoms with Gasteiger partial charge in [0, 0.05) is 25.3 Å². The minimum Gasteiger partial charge on any atom is -0.376 e. The molecule has 2 aromatic rings. The van der Waals surface area contributed by atoms with Gasteiger partial charge < -0.3 is 15.5 Å². The SMILES string of the molecule is CN(C)c1ccc(NC(=O)CNC(=O)c2ccc(C(C)(C)C)cc2)cc1Cl. The molecule has 0 spiro atoms. The summed E-state index contributed by atoms with van der Waals surface area (Å²) in [6.45, 7) is 6.23. The van der Waals surface area contributed by atoms with Crippen molar-refractivity contribution in [2.45, 2.75) is 26.2 Å². The Bertz CT molecular complexity index is 824. The van der Waals surface area contributed by atoms with Crippen LogP contribution in [0.5, 0.6) is 0 Å². The highest BCUT2D eigenvalue weighted by atomic mass is 35.5. The summed E-state index contributed by atoms with van der Waals surface area (Å²) in [6, 6.07) is 12.7. The van der Waals surface area contributed by atoms with E-state index in [4.69, 9.17) is 11.6 Å². The first-order chi connectivity index (χ1) is 12.6. The van der Waals surface area contributed by atoms with Crippen LogP contribution in [-0.2, 0) is 10.2 Å². The van der Waals surface area contributed by atoms with Gasteiger partial charge in [-0.2, -0.15) is 0 Å². The Morgan fingerprint density at radius 2 is 1.67 bits per heavy atom. The highest BCUT2D eigenvalue weighted by Gasteiger charge is 2.15. The van der Waals surface area contributed by atoms with Crippen molar-refractivity contribution in [2.24, 2.45) is 0 Å². The molecule has 0 aliphatic rings. The molecule has 5 nitrogen and oxygen atoms in total. The quantitative estimate of drug-likeness (QED) is 0.812. The third-order valence-electron chi connectivity index (χ3n) is 4.14. The predicted octanol–water partition coefficient (Wildman–Crippen LogP) is 4.07. The molecule has 0 atom stereocenters. The lowest BCUT2D eigenvalue weighted by atomic mass is 9.87. The molecule has 0 aromatic heterocycles. The van der Waals surface area contributed by atoms with Gasteiger partial charge in [0.2, 0.25) is 5.91 Å². The molecule has 0 saturated carbocycles. The number of halogens is 1. The molecule has 27 heavy (non-hydrogen) atoms. The molecular formula is C21H26ClN3O2. The first-order valence-corrected chi connectivity index (χ1v) is 9.11. The fourth-order valence-electron chi connectivity index (χ4n) is 2.54. The second-order valence-electron chi connectivity index (χ2n) is 7.62. The Morgan fingerprint density at radius 1 is 1.04 bits per heavy atom. The van der Waals surface area contributed by atoms with E-state index in [1.807, 2.05) is 37.2 Å². The van der Waals surface area contributed by atoms with E-state index < -0.39 is 0 Å². The highest BCUT2D eigenvalue weighted by Crippen LogP contribution is 2.27. The second-order valence-corrected chi connectivity index (χ2v) is 8.03. The van der Waals surface area contributed by atoms with E-state index in [0.717, 1.165) is 11.3 Å². The summed E-state index contributed by atoms with van der Waals surface area (Å²) in [6.07, 6.45) is 0. The van der Waals surface area contributed by atoms with Crippen LogP contribution in [-0.4, -0.2) is 32.5 Å². The normalized spacial score (nSPS) is 11.0. The van der Waals surface area contributed by atoms with Crippen molar-refractivity contribution in [2.75, 3.05) is 30.9 Å². The first-order valence-electron chi connectivity index (χ1n) is 8.73. The summed E-state index contributed by atoms with van der Waals surface area (Å²) < 4.78 is 0. The topological polar surface area (TPSA) is 61.4 Å². The summed E-state index contributed by atoms with van der Waals surface area (Å²) >= 11 is 6.20. The van der Waals surface area contributed by atoms with Gasteiger partial charge in [0.15, 0.2) is 0 Å². The highest BCUT2D eigenvalue weighted by molar-refractivity contribution is 6.33. The molecular weight excluding hydrogens is 362 g/mol. The monoisotopic (exact) mass is 387 g/mol. The van der Waals surface area contributed by atoms with Crippen molar-refractivity contribution >= 4 is 34.8 Å². The van der Waals surface area contributed by atoms with E-state index in [0.29, 0.717) is 16.3 Å². The maximum Gasteiger partial charge on any atom is 0.251 e. The van der Waals surface area contributed by atoms with E-state index in [9.17, 15) is 9.59 Å². The van der Waals surface area contributed by atoms with Gasteiger partial charge in [-0.3, -0.25) is 9.59 Å². The van der Waals surface area contributed by atoms with Crippen LogP contribution in [0.3, 0.4) is 0 Å². The van der Waals surface area contributed by atoms with Crippen LogP contribution in [0.15, 0.2) is 42.5 Å². The number of anilines is 2. The molecule has 0 bridgehead atoms. The summed E-state index contributed by atoms with van der Waals surface area (Å²) in [4.78, 5) is 26.2. The predicted molar refractivity (Wildman–Crippen MR) is 112 cm³/mol. The third-order valence-corrected chi connectivity index (χ3v) is 4.44. The lowest BCUT2D eigenvalue weighted by Gasteiger charge is -2.19. The largest absolute Gasteiger partial charge is 0.376 e. The Hall–Kier alpha value is -2.53. The standard InChI is InChI=1S/C21H26ClN3O2/c1-21(2,3)15-8-6-14(7-9-15)20(27)23-13-19(26)24-16-10-11-18(25(4)5)17(22)12-16/h6-12H,13H2,1-5H3,(H,23,27)(H,24,26). The molecule has 0 aliphatic heterocycles. The second kappa shape index (κ2) is 8.44. The number of nitrogens with zero attached hydrogens (tertiary/aromatic N) is 1. The molecule has 2 aromatic carbocycles. The van der Waals surface area contributed by atoms with Crippen LogP contribution in [0.25, 0.3) is 0 Å². The van der Waals surface area contributed by atoms with Gasteiger partial charge in [0.1, 0.15) is 0 Å². The summed E-state index contributed by atoms with van der Waals surface area (Å²) in [5.41, 5.74) is 3.14. The van der Waals surface area contributed by atoms with Crippen molar-refractivity contribution < 1.29 is 9.59 Å². The van der Waals surface area contributed by atoms with Crippen LogP contribution >= 0.6 is 11.6 Å². The van der Waals surface area contributed by atoms with Gasteiger partial charge in [-0.15, -0.1) is 0 Å². The molecule has 0 saturated heterocycles. The van der Waals surface area contributed by atoms with Crippen LogP contribution in [0, 0.1) is 0 Å². The van der Waals surface area contributed by atoms with Gasteiger partial charge in [0.25, 0.3) is 5.91 Å². The van der Waals surface area contributed by atoms with Gasteiger partial charge in [-0.1, -0.05) is 44.5 Å². The fourth-order valence-corrected chi connectivity index (χ4v) is 2.89. The van der Waals surface area contributed by atoms with Gasteiger partial charge in [-0.05, 0) is 41.3 Å². The van der Waals surface area contributed by atoms with E-state index in [1.165, 1.54) is 0 Å². The lowest BCUT2D eigenvalue weighted by Crippen LogP contribution is -2.32. The van der Waals surface area contributed by atoms with Crippen LogP contribution < -0.4 is 15.5 Å². The summed E-state index contributed by atoms with van der Waals surface area (Å²) in [5.74, 6) is -0.602. The number of rotatable bonds is 5. The molecule has 2 rings (SSSR count). The number of amides is 2. The zero-order valence-corrected chi connectivity index (χ0v) is 17.1. The zero-order chi connectivity index (χ0) is 20.2. The van der Waals surface area contributed by atoms with E-state index in [1.54, 1.807) is 24.3 Å². The van der Waals surface area contributed by atoms with Crippen molar-refractivity contribution in [3.05, 3.63) is 58.6 Å². The third kappa shape index (κ3) is 5.73. The molecule has 0 unspecified atom stereocenters. The average molecular weight is 388 g/mol. The van der Waals surface area contributed by atoms with E-state index in [-0.39, 0.29) is 23.8 Å². The van der Waals surface area contributed by atoms with Crippen LogP contribution in [0.4, 0.5) is 11.4 Å². The molecule has 6 heteroatoms. The maximum atomic E-state index is 12.2. The van der Waals surface area contributed by atoms with E-state index in [2.05, 4.69) is 31.4 Å². The Morgan fingerprint density at radius 3 is 2.19 bits per heavy atom. The minimum absolute atomic E-state index is 0.0261. The van der Waals surface area contributed by atoms with Crippen LogP contribution in [0.2, 0.25) is 5.02 Å². The van der Waals surface area contributed by atoms with Gasteiger partial charge in [0.05, 0.1) is 17.3 Å². The molecule has 0 radical (unpaired) electrons. The number of hydrogen-bond acceptors (Lipinski definition) is 3. The van der Waals surface area contributed by atoms with Crippen molar-refractivity contribution in [3.8, 4) is 0 Å². The molecule has 0 fully saturated rings. The van der Waals surface area contributed by atoms with Crippen molar-refractivity contribution in [3.63, 3.8) is 0 Å². The molecule has 0 heterocycles. The number of carbonyl (C=O) groups is 2. The number of carbonyl (C=O) groups excluding carboxylic acids is 2. The lowest BCUT2D eigenvalue weighted by molar-refractivity contribution is -0.115. The average Bonchev–Trinajstić information content (AvgIpc) is 2.58. The Kier molecular flexibility index (Phi) is 6.50. The molecule has 144 valence electrons. The van der Waals surface area contributed by atoms with Gasteiger partial charge >= 0.3 is 0 Å². The Labute approximate surface area is 165 Å². The number of benzene rings is 2. The summed E-state index contributed by atoms with van der Waals surface area (Å²) in [7, 11) is 3.78. The first kappa shape index (κ1) is 20.8. The minimum atomic E-state index is -0.316. The van der Waals surface area contributed by atoms with Crippen molar-refractivity contribution in [1.29, 1.82) is 0 Å². The van der Waals surface area contributed by atoms with Gasteiger partial charge in [-0.25, -0.2) is 0 Å². The molecule has 2 amide bonds. The zero-order valence-electron chi connectivity index (χ0n) is 16.4. The van der Waals surface area contributed by atoms with Crippen LogP contribution in [0.1, 0.15) is 36.7 Å². The Balaban J connectivity index is 1.91. The van der Waals surface area contributed by atoms with Crippen molar-refractivity contribution in [1.82, 2.24) is 5.32 Å². The maximum absolute atomic E-state index is 12.2. The molecule has 2 N–H and O–H groups in total. The summed E-state index contributed by atoms with van der Waals surface area (Å²) in [5, 5.41) is 5.90.